The summed E-state index contributed by atoms with van der Waals surface area (Å²) in [5, 5.41) is 0.592. The van der Waals surface area contributed by atoms with Crippen molar-refractivity contribution in [1.29, 1.82) is 0 Å². The third-order valence-corrected chi connectivity index (χ3v) is 9.51. The smallest absolute Gasteiger partial charge is 0.260 e. The summed E-state index contributed by atoms with van der Waals surface area (Å²) < 4.78 is 33.9. The zero-order valence-corrected chi connectivity index (χ0v) is 25.6. The fourth-order valence-corrected chi connectivity index (χ4v) is 6.41. The van der Waals surface area contributed by atoms with Crippen molar-refractivity contribution in [1.82, 2.24) is 14.2 Å². The molecular weight excluding hydrogens is 568 g/mol. The number of hydrogen-bond donors (Lipinski definition) is 0. The second-order valence-corrected chi connectivity index (χ2v) is 12.1. The van der Waals surface area contributed by atoms with Crippen LogP contribution >= 0.6 is 23.7 Å². The number of halogens is 1. The third-order valence-electron chi connectivity index (χ3n) is 6.65. The van der Waals surface area contributed by atoms with E-state index in [1.54, 1.807) is 31.2 Å². The van der Waals surface area contributed by atoms with Gasteiger partial charge >= 0.3 is 0 Å². The Morgan fingerprint density at radius 1 is 0.950 bits per heavy atom. The Labute approximate surface area is 246 Å². The Balaban J connectivity index is 0.00000441. The number of thiazole rings is 1. The number of ether oxygens (including phenoxy) is 1. The minimum Gasteiger partial charge on any atom is -0.497 e. The number of likely N-dealkylation sites (N-methyl/N-ethyl adjacent to an activating group) is 1. The predicted octanol–water partition coefficient (Wildman–Crippen LogP) is 5.54. The van der Waals surface area contributed by atoms with Gasteiger partial charge in [-0.3, -0.25) is 9.69 Å². The second kappa shape index (κ2) is 14.0. The van der Waals surface area contributed by atoms with Crippen LogP contribution in [-0.4, -0.2) is 68.9 Å². The number of aromatic nitrogens is 1. The number of amides is 1. The molecule has 0 unspecified atom stereocenters. The highest BCUT2D eigenvalue weighted by atomic mass is 35.5. The van der Waals surface area contributed by atoms with Gasteiger partial charge in [0.1, 0.15) is 5.75 Å². The van der Waals surface area contributed by atoms with Crippen molar-refractivity contribution in [2.45, 2.75) is 25.3 Å². The number of carbonyl (C=O) groups excluding carboxylic acids is 1. The van der Waals surface area contributed by atoms with E-state index in [0.717, 1.165) is 34.6 Å². The Kier molecular flexibility index (Phi) is 11.1. The summed E-state index contributed by atoms with van der Waals surface area (Å²) in [6, 6.07) is 21.2. The predicted molar refractivity (Wildman–Crippen MR) is 164 cm³/mol. The van der Waals surface area contributed by atoms with Crippen LogP contribution in [0.1, 0.15) is 29.8 Å². The zero-order chi connectivity index (χ0) is 28.0. The molecule has 0 saturated carbocycles. The van der Waals surface area contributed by atoms with E-state index >= 15 is 0 Å². The summed E-state index contributed by atoms with van der Waals surface area (Å²) in [5.74, 6) is 0.502. The largest absolute Gasteiger partial charge is 0.497 e. The Morgan fingerprint density at radius 2 is 1.62 bits per heavy atom. The molecule has 11 heteroatoms. The average Bonchev–Trinajstić information content (AvgIpc) is 3.38. The highest BCUT2D eigenvalue weighted by molar-refractivity contribution is 7.89. The van der Waals surface area contributed by atoms with Gasteiger partial charge < -0.3 is 9.64 Å². The van der Waals surface area contributed by atoms with Crippen LogP contribution in [0.4, 0.5) is 5.13 Å². The van der Waals surface area contributed by atoms with Gasteiger partial charge in [0.2, 0.25) is 10.0 Å². The molecule has 0 spiro atoms. The molecular formula is C29H35ClN4O4S2. The van der Waals surface area contributed by atoms with E-state index in [1.165, 1.54) is 27.8 Å². The average molecular weight is 603 g/mol. The van der Waals surface area contributed by atoms with E-state index in [0.29, 0.717) is 23.8 Å². The summed E-state index contributed by atoms with van der Waals surface area (Å²) >= 11 is 1.43. The maximum Gasteiger partial charge on any atom is 0.260 e. The van der Waals surface area contributed by atoms with Crippen molar-refractivity contribution in [2.75, 3.05) is 45.2 Å². The molecule has 0 bridgehead atoms. The Bertz CT molecular complexity index is 1510. The van der Waals surface area contributed by atoms with Crippen LogP contribution in [0.15, 0.2) is 77.7 Å². The minimum absolute atomic E-state index is 0. The molecule has 3 aromatic carbocycles. The van der Waals surface area contributed by atoms with Crippen molar-refractivity contribution >= 4 is 55.0 Å². The lowest BCUT2D eigenvalue weighted by Crippen LogP contribution is -2.38. The van der Waals surface area contributed by atoms with Crippen molar-refractivity contribution in [2.24, 2.45) is 0 Å². The molecule has 4 aromatic rings. The van der Waals surface area contributed by atoms with Gasteiger partial charge in [-0.2, -0.15) is 4.31 Å². The van der Waals surface area contributed by atoms with E-state index in [-0.39, 0.29) is 29.8 Å². The first-order valence-electron chi connectivity index (χ1n) is 12.9. The van der Waals surface area contributed by atoms with Crippen molar-refractivity contribution < 1.29 is 17.9 Å². The fraction of sp³-hybridized carbons (Fsp3) is 0.310. The number of rotatable bonds is 12. The number of methoxy groups -OCH3 is 1. The molecule has 1 amide bonds. The number of sulfonamides is 1. The molecule has 214 valence electrons. The number of anilines is 1. The highest BCUT2D eigenvalue weighted by Crippen LogP contribution is 2.32. The molecule has 0 aliphatic heterocycles. The van der Waals surface area contributed by atoms with E-state index in [1.807, 2.05) is 48.5 Å². The molecule has 0 saturated heterocycles. The number of benzene rings is 3. The normalized spacial score (nSPS) is 11.6. The standard InChI is InChI=1S/C29H34N4O4S2.ClH/c1-5-32(6-2)18-19-33(29-30-26-17-14-24(37-4)20-27(26)38-29)28(34)23-12-15-25(16-13-23)39(35,36)31(3)21-22-10-8-7-9-11-22;/h7-17,20H,5-6,18-19,21H2,1-4H3;1H. The van der Waals surface area contributed by atoms with Crippen LogP contribution in [0.2, 0.25) is 0 Å². The second-order valence-electron chi connectivity index (χ2n) is 9.08. The number of fused-ring (bicyclic) bond motifs is 1. The number of carbonyl (C=O) groups is 1. The zero-order valence-electron chi connectivity index (χ0n) is 23.1. The third kappa shape index (κ3) is 7.18. The summed E-state index contributed by atoms with van der Waals surface area (Å²) in [7, 11) is -0.553. The molecule has 0 aliphatic carbocycles. The molecule has 0 N–H and O–H groups in total. The lowest BCUT2D eigenvalue weighted by Gasteiger charge is -2.25. The highest BCUT2D eigenvalue weighted by Gasteiger charge is 2.25. The van der Waals surface area contributed by atoms with E-state index in [2.05, 4.69) is 18.7 Å². The molecule has 40 heavy (non-hydrogen) atoms. The molecule has 8 nitrogen and oxygen atoms in total. The molecule has 1 heterocycles. The minimum atomic E-state index is -3.72. The fourth-order valence-electron chi connectivity index (χ4n) is 4.23. The van der Waals surface area contributed by atoms with Crippen molar-refractivity contribution in [3.05, 3.63) is 83.9 Å². The lowest BCUT2D eigenvalue weighted by molar-refractivity contribution is 0.0983. The number of hydrogen-bond acceptors (Lipinski definition) is 7. The van der Waals surface area contributed by atoms with Crippen LogP contribution in [0, 0.1) is 0 Å². The van der Waals surface area contributed by atoms with Crippen LogP contribution in [0.5, 0.6) is 5.75 Å². The van der Waals surface area contributed by atoms with Crippen LogP contribution in [0.25, 0.3) is 10.2 Å². The molecule has 0 fully saturated rings. The van der Waals surface area contributed by atoms with Crippen molar-refractivity contribution in [3.63, 3.8) is 0 Å². The lowest BCUT2D eigenvalue weighted by atomic mass is 10.2. The summed E-state index contributed by atoms with van der Waals surface area (Å²) in [5.41, 5.74) is 2.09. The maximum absolute atomic E-state index is 13.8. The first-order valence-corrected chi connectivity index (χ1v) is 15.1. The Hall–Kier alpha value is -3.02. The van der Waals surface area contributed by atoms with Crippen LogP contribution < -0.4 is 9.64 Å². The molecule has 1 aromatic heterocycles. The van der Waals surface area contributed by atoms with Gasteiger partial charge in [-0.05, 0) is 61.1 Å². The van der Waals surface area contributed by atoms with Gasteiger partial charge in [0.05, 0.1) is 22.2 Å². The van der Waals surface area contributed by atoms with Crippen molar-refractivity contribution in [3.8, 4) is 5.75 Å². The summed E-state index contributed by atoms with van der Waals surface area (Å²) in [4.78, 5) is 22.6. The van der Waals surface area contributed by atoms with Crippen LogP contribution in [-0.2, 0) is 16.6 Å². The number of nitrogens with zero attached hydrogens (tertiary/aromatic N) is 4. The summed E-state index contributed by atoms with van der Waals surface area (Å²) in [6.45, 7) is 7.33. The first kappa shape index (κ1) is 31.5. The van der Waals surface area contributed by atoms with E-state index in [4.69, 9.17) is 9.72 Å². The van der Waals surface area contributed by atoms with Gasteiger partial charge in [0.25, 0.3) is 5.91 Å². The topological polar surface area (TPSA) is 83.1 Å². The molecule has 4 rings (SSSR count). The van der Waals surface area contributed by atoms with Gasteiger partial charge in [-0.1, -0.05) is 55.5 Å². The monoisotopic (exact) mass is 602 g/mol. The van der Waals surface area contributed by atoms with Gasteiger partial charge in [-0.15, -0.1) is 12.4 Å². The molecule has 0 radical (unpaired) electrons. The molecule has 0 atom stereocenters. The van der Waals surface area contributed by atoms with Gasteiger partial charge in [0, 0.05) is 32.2 Å². The van der Waals surface area contributed by atoms with E-state index in [9.17, 15) is 13.2 Å². The summed E-state index contributed by atoms with van der Waals surface area (Å²) in [6.07, 6.45) is 0. The van der Waals surface area contributed by atoms with E-state index < -0.39 is 10.0 Å². The Morgan fingerprint density at radius 3 is 2.25 bits per heavy atom. The van der Waals surface area contributed by atoms with Gasteiger partial charge in [0.15, 0.2) is 5.13 Å². The first-order chi connectivity index (χ1) is 18.8. The molecule has 0 aliphatic rings. The maximum atomic E-state index is 13.8. The van der Waals surface area contributed by atoms with Gasteiger partial charge in [-0.25, -0.2) is 13.4 Å². The van der Waals surface area contributed by atoms with Crippen LogP contribution in [0.3, 0.4) is 0 Å². The quantitative estimate of drug-likeness (QED) is 0.212. The SMILES string of the molecule is CCN(CC)CCN(C(=O)c1ccc(S(=O)(=O)N(C)Cc2ccccc2)cc1)c1nc2ccc(OC)cc2s1.Cl.